The first-order valence-electron chi connectivity index (χ1n) is 10.1. The third kappa shape index (κ3) is 5.56. The molecule has 0 saturated carbocycles. The van der Waals surface area contributed by atoms with Crippen molar-refractivity contribution in [2.75, 3.05) is 11.2 Å². The zero-order chi connectivity index (χ0) is 22.6. The second kappa shape index (κ2) is 9.40. The first kappa shape index (κ1) is 22.6. The van der Waals surface area contributed by atoms with Gasteiger partial charge in [-0.25, -0.2) is 4.79 Å². The maximum absolute atomic E-state index is 12.4. The molecular weight excluding hydrogens is 406 g/mol. The topological polar surface area (TPSA) is 57.6 Å². The molecule has 0 saturated heterocycles. The summed E-state index contributed by atoms with van der Waals surface area (Å²) in [7, 11) is 0. The van der Waals surface area contributed by atoms with Crippen LogP contribution in [0, 0.1) is 0 Å². The summed E-state index contributed by atoms with van der Waals surface area (Å²) in [5.74, 6) is -2.42. The van der Waals surface area contributed by atoms with Crippen LogP contribution < -0.4 is 4.90 Å². The summed E-state index contributed by atoms with van der Waals surface area (Å²) in [6.07, 6.45) is 2.04. The summed E-state index contributed by atoms with van der Waals surface area (Å²) in [4.78, 5) is 26.4. The molecule has 0 fully saturated rings. The minimum Gasteiger partial charge on any atom is -0.474 e. The third-order valence-corrected chi connectivity index (χ3v) is 5.93. The van der Waals surface area contributed by atoms with Crippen molar-refractivity contribution in [2.24, 2.45) is 0 Å². The number of hydrogen-bond acceptors (Lipinski definition) is 3. The number of nitrogens with zero attached hydrogens (tertiary/aromatic N) is 1. The molecule has 3 aromatic rings. The Morgan fingerprint density at radius 1 is 0.839 bits per heavy atom. The van der Waals surface area contributed by atoms with Crippen molar-refractivity contribution in [1.29, 1.82) is 0 Å². The van der Waals surface area contributed by atoms with E-state index in [1.54, 1.807) is 23.9 Å². The first-order valence-corrected chi connectivity index (χ1v) is 11.3. The molecule has 0 aliphatic rings. The van der Waals surface area contributed by atoms with Gasteiger partial charge in [-0.05, 0) is 58.2 Å². The van der Waals surface area contributed by atoms with Gasteiger partial charge in [-0.2, -0.15) is 0 Å². The standard InChI is InChI=1S/C26H27NO3S/c1-26(2,3)21-11-5-18(6-12-21)17-27(24(28)25(29)30)22-13-7-19(8-14-22)20-9-15-23(31-4)16-10-20/h5-16H,17H2,1-4H3,(H,29,30). The molecule has 0 heterocycles. The summed E-state index contributed by atoms with van der Waals surface area (Å²) in [5.41, 5.74) is 4.71. The van der Waals surface area contributed by atoms with Gasteiger partial charge in [0.05, 0.1) is 6.54 Å². The molecule has 1 N–H and O–H groups in total. The van der Waals surface area contributed by atoms with Crippen molar-refractivity contribution >= 4 is 29.3 Å². The van der Waals surface area contributed by atoms with Gasteiger partial charge < -0.3 is 5.11 Å². The number of carbonyl (C=O) groups excluding carboxylic acids is 1. The highest BCUT2D eigenvalue weighted by atomic mass is 32.2. The van der Waals surface area contributed by atoms with E-state index >= 15 is 0 Å². The van der Waals surface area contributed by atoms with Crippen molar-refractivity contribution in [3.05, 3.63) is 83.9 Å². The Bertz CT molecular complexity index is 1050. The fraction of sp³-hybridized carbons (Fsp3) is 0.231. The van der Waals surface area contributed by atoms with Crippen LogP contribution in [-0.4, -0.2) is 23.2 Å². The lowest BCUT2D eigenvalue weighted by Gasteiger charge is -2.23. The smallest absolute Gasteiger partial charge is 0.394 e. The second-order valence-electron chi connectivity index (χ2n) is 8.42. The molecule has 0 aliphatic heterocycles. The fourth-order valence-corrected chi connectivity index (χ4v) is 3.71. The van der Waals surface area contributed by atoms with E-state index in [1.165, 1.54) is 15.4 Å². The zero-order valence-corrected chi connectivity index (χ0v) is 19.1. The van der Waals surface area contributed by atoms with Crippen LogP contribution in [0.2, 0.25) is 0 Å². The number of thioether (sulfide) groups is 1. The van der Waals surface area contributed by atoms with Gasteiger partial charge in [-0.15, -0.1) is 11.8 Å². The van der Waals surface area contributed by atoms with E-state index in [4.69, 9.17) is 0 Å². The quantitative estimate of drug-likeness (QED) is 0.397. The summed E-state index contributed by atoms with van der Waals surface area (Å²) in [5, 5.41) is 9.33. The van der Waals surface area contributed by atoms with Crippen LogP contribution >= 0.6 is 11.8 Å². The number of carboxylic acids is 1. The van der Waals surface area contributed by atoms with E-state index in [2.05, 4.69) is 45.0 Å². The van der Waals surface area contributed by atoms with Crippen LogP contribution in [0.15, 0.2) is 77.7 Å². The Labute approximate surface area is 187 Å². The summed E-state index contributed by atoms with van der Waals surface area (Å²) in [6.45, 7) is 6.60. The monoisotopic (exact) mass is 433 g/mol. The molecule has 0 aliphatic carbocycles. The third-order valence-electron chi connectivity index (χ3n) is 5.19. The van der Waals surface area contributed by atoms with E-state index in [0.29, 0.717) is 5.69 Å². The molecule has 3 aromatic carbocycles. The minimum absolute atomic E-state index is 0.0267. The van der Waals surface area contributed by atoms with Gasteiger partial charge in [0.25, 0.3) is 0 Å². The summed E-state index contributed by atoms with van der Waals surface area (Å²) >= 11 is 1.69. The fourth-order valence-electron chi connectivity index (χ4n) is 3.31. The number of benzene rings is 3. The highest BCUT2D eigenvalue weighted by Gasteiger charge is 2.23. The van der Waals surface area contributed by atoms with Crippen LogP contribution in [0.25, 0.3) is 11.1 Å². The maximum atomic E-state index is 12.4. The number of carboxylic acid groups (broad SMARTS) is 1. The van der Waals surface area contributed by atoms with E-state index in [0.717, 1.165) is 16.7 Å². The second-order valence-corrected chi connectivity index (χ2v) is 9.30. The molecule has 31 heavy (non-hydrogen) atoms. The Balaban J connectivity index is 1.86. The van der Waals surface area contributed by atoms with E-state index < -0.39 is 11.9 Å². The lowest BCUT2D eigenvalue weighted by Crippen LogP contribution is -2.36. The van der Waals surface area contributed by atoms with E-state index in [-0.39, 0.29) is 12.0 Å². The largest absolute Gasteiger partial charge is 0.474 e. The molecule has 3 rings (SSSR count). The van der Waals surface area contributed by atoms with E-state index in [9.17, 15) is 14.7 Å². The number of amides is 1. The Kier molecular flexibility index (Phi) is 6.86. The first-order chi connectivity index (χ1) is 14.7. The van der Waals surface area contributed by atoms with Gasteiger partial charge in [-0.1, -0.05) is 69.3 Å². The molecule has 0 atom stereocenters. The normalized spacial score (nSPS) is 11.2. The van der Waals surface area contributed by atoms with Crippen molar-refractivity contribution in [1.82, 2.24) is 0 Å². The van der Waals surface area contributed by atoms with E-state index in [1.807, 2.05) is 42.7 Å². The van der Waals surface area contributed by atoms with Crippen LogP contribution in [0.3, 0.4) is 0 Å². The van der Waals surface area contributed by atoms with Gasteiger partial charge in [0.15, 0.2) is 0 Å². The van der Waals surface area contributed by atoms with Gasteiger partial charge in [-0.3, -0.25) is 9.69 Å². The number of carbonyl (C=O) groups is 2. The number of hydrogen-bond donors (Lipinski definition) is 1. The zero-order valence-electron chi connectivity index (χ0n) is 18.3. The Morgan fingerprint density at radius 2 is 1.35 bits per heavy atom. The highest BCUT2D eigenvalue weighted by molar-refractivity contribution is 7.98. The van der Waals surface area contributed by atoms with Gasteiger partial charge in [0.2, 0.25) is 0 Å². The number of rotatable bonds is 5. The molecule has 0 radical (unpaired) electrons. The van der Waals surface area contributed by atoms with Crippen molar-refractivity contribution in [3.8, 4) is 11.1 Å². The van der Waals surface area contributed by atoms with Crippen LogP contribution in [0.4, 0.5) is 5.69 Å². The SMILES string of the molecule is CSc1ccc(-c2ccc(N(Cc3ccc(C(C)(C)C)cc3)C(=O)C(=O)O)cc2)cc1. The molecule has 0 bridgehead atoms. The predicted octanol–water partition coefficient (Wildman–Crippen LogP) is 5.99. The lowest BCUT2D eigenvalue weighted by molar-refractivity contribution is -0.148. The van der Waals surface area contributed by atoms with Gasteiger partial charge in [0.1, 0.15) is 0 Å². The summed E-state index contributed by atoms with van der Waals surface area (Å²) in [6, 6.07) is 23.6. The molecule has 5 heteroatoms. The molecular formula is C26H27NO3S. The molecule has 160 valence electrons. The maximum Gasteiger partial charge on any atom is 0.394 e. The van der Waals surface area contributed by atoms with Crippen LogP contribution in [-0.2, 0) is 21.5 Å². The van der Waals surface area contributed by atoms with Gasteiger partial charge >= 0.3 is 11.9 Å². The molecule has 0 unspecified atom stereocenters. The van der Waals surface area contributed by atoms with Crippen molar-refractivity contribution in [2.45, 2.75) is 37.6 Å². The number of aliphatic carboxylic acids is 1. The Hall–Kier alpha value is -3.05. The Morgan fingerprint density at radius 3 is 1.81 bits per heavy atom. The van der Waals surface area contributed by atoms with Crippen molar-refractivity contribution in [3.63, 3.8) is 0 Å². The van der Waals surface area contributed by atoms with Gasteiger partial charge in [0, 0.05) is 10.6 Å². The summed E-state index contributed by atoms with van der Waals surface area (Å²) < 4.78 is 0. The minimum atomic E-state index is -1.47. The lowest BCUT2D eigenvalue weighted by atomic mass is 9.87. The van der Waals surface area contributed by atoms with Crippen molar-refractivity contribution < 1.29 is 14.7 Å². The molecule has 0 aromatic heterocycles. The molecule has 1 amide bonds. The molecule has 4 nitrogen and oxygen atoms in total. The predicted molar refractivity (Wildman–Crippen MR) is 128 cm³/mol. The average molecular weight is 434 g/mol. The number of anilines is 1. The molecule has 0 spiro atoms. The average Bonchev–Trinajstić information content (AvgIpc) is 2.77. The van der Waals surface area contributed by atoms with Crippen LogP contribution in [0.5, 0.6) is 0 Å². The highest BCUT2D eigenvalue weighted by Crippen LogP contribution is 2.27. The van der Waals surface area contributed by atoms with Crippen LogP contribution in [0.1, 0.15) is 31.9 Å².